The third kappa shape index (κ3) is 10.8. The average Bonchev–Trinajstić information content (AvgIpc) is 3.72. The van der Waals surface area contributed by atoms with E-state index < -0.39 is 11.2 Å². The number of hydrogen-bond acceptors (Lipinski definition) is 8. The summed E-state index contributed by atoms with van der Waals surface area (Å²) in [7, 11) is 0. The van der Waals surface area contributed by atoms with Gasteiger partial charge in [-0.25, -0.2) is 4.79 Å². The molecule has 0 unspecified atom stereocenters. The Bertz CT molecular complexity index is 1780. The van der Waals surface area contributed by atoms with Crippen molar-refractivity contribution < 1.29 is 39.4 Å². The summed E-state index contributed by atoms with van der Waals surface area (Å²) in [6, 6.07) is 0. The predicted octanol–water partition coefficient (Wildman–Crippen LogP) is 13.5. The number of aliphatic hydroxyl groups is 4. The minimum absolute atomic E-state index is 0.0311. The molecule has 4 N–H and O–H groups in total. The molecular weight excluding hydrogens is 861 g/mol. The summed E-state index contributed by atoms with van der Waals surface area (Å²) in [6.45, 7) is 32.7. The maximum absolute atomic E-state index is 11.8. The molecule has 8 rings (SSSR count). The van der Waals surface area contributed by atoms with Crippen LogP contribution in [0.1, 0.15) is 231 Å². The first-order valence-corrected chi connectivity index (χ1v) is 28.7. The SMILES string of the molecule is C[C@@H]1CCC[C@@]2(OCCO1)[C@H](C)CC[C@H]1C(C)(C)CCC[C@@]12C.C[C@@H]1CC[C@H]2C(C)(C)CCC[C@]2(C)[C@@]1(O)CC/C(=C/CO)CO.C[C@@H]1CC[C@H]2C(C)(C)CCC[C@]2(C)[C@@]1(O)CCC1=CCOC1=O. The Kier molecular flexibility index (Phi) is 18.1. The van der Waals surface area contributed by atoms with Gasteiger partial charge in [0.2, 0.25) is 0 Å². The Morgan fingerprint density at radius 1 is 0.609 bits per heavy atom. The van der Waals surface area contributed by atoms with Crippen LogP contribution in [0.5, 0.6) is 0 Å². The molecule has 1 spiro atoms. The van der Waals surface area contributed by atoms with E-state index in [0.29, 0.717) is 77.8 Å². The number of cyclic esters (lactones) is 1. The van der Waals surface area contributed by atoms with Gasteiger partial charge in [0.05, 0.1) is 49.3 Å². The number of hydrogen-bond donors (Lipinski definition) is 4. The molecule has 2 aliphatic heterocycles. The first kappa shape index (κ1) is 57.0. The molecule has 69 heavy (non-hydrogen) atoms. The molecule has 0 radical (unpaired) electrons. The molecule has 6 aliphatic carbocycles. The largest absolute Gasteiger partial charge is 0.458 e. The van der Waals surface area contributed by atoms with Gasteiger partial charge in [0, 0.05) is 11.0 Å². The second-order valence-electron chi connectivity index (χ2n) is 27.6. The highest BCUT2D eigenvalue weighted by atomic mass is 16.5. The van der Waals surface area contributed by atoms with E-state index in [9.17, 15) is 20.1 Å². The number of esters is 1. The van der Waals surface area contributed by atoms with Crippen molar-refractivity contribution in [3.63, 3.8) is 0 Å². The van der Waals surface area contributed by atoms with Crippen LogP contribution in [0.4, 0.5) is 0 Å². The summed E-state index contributed by atoms with van der Waals surface area (Å²) in [4.78, 5) is 11.7. The Hall–Kier alpha value is -1.29. The second-order valence-corrected chi connectivity index (χ2v) is 27.6. The van der Waals surface area contributed by atoms with Crippen LogP contribution in [-0.2, 0) is 19.0 Å². The van der Waals surface area contributed by atoms with E-state index in [-0.39, 0.29) is 47.4 Å². The number of aliphatic hydroxyl groups excluding tert-OH is 2. The molecule has 1 saturated heterocycles. The maximum Gasteiger partial charge on any atom is 0.334 e. The summed E-state index contributed by atoms with van der Waals surface area (Å²) in [5, 5.41) is 42.1. The van der Waals surface area contributed by atoms with Crippen LogP contribution >= 0.6 is 0 Å². The standard InChI is InChI=1S/C21H38O2.C20H32O3.C20H36O3/c1-16-9-10-18-19(3,4)11-7-12-20(18,5)21(16)13-6-8-17(2)22-14-15-23-21;1-14-6-7-16-18(2,3)10-5-11-19(16,4)20(14,22)12-8-15-9-13-23-17(15)21;1-15-6-7-17-18(2,3)10-5-11-19(17,4)20(15,23)12-8-16(14-22)9-13-21/h16-18H,6-15H2,1-5H3;9,14,16,22H,5-8,10-13H2,1-4H3;9,15,17,21-23H,5-8,10-14H2,1-4H3/b;;16-9-/t16-,17-,18+,20+,21-;14-,16+,19+,20-;15-,17+,19+,20-/m111/s1. The van der Waals surface area contributed by atoms with Crippen molar-refractivity contribution in [1.29, 1.82) is 0 Å². The zero-order valence-electron chi connectivity index (χ0n) is 46.7. The van der Waals surface area contributed by atoms with Gasteiger partial charge in [-0.1, -0.05) is 108 Å². The smallest absolute Gasteiger partial charge is 0.334 e. The van der Waals surface area contributed by atoms with Gasteiger partial charge in [-0.05, 0) is 203 Å². The van der Waals surface area contributed by atoms with E-state index in [1.807, 2.05) is 6.08 Å². The van der Waals surface area contributed by atoms with Crippen molar-refractivity contribution in [2.45, 2.75) is 254 Å². The normalized spacial score (nSPS) is 43.9. The lowest BCUT2D eigenvalue weighted by atomic mass is 9.44. The fourth-order valence-electron chi connectivity index (χ4n) is 18.5. The highest BCUT2D eigenvalue weighted by Crippen LogP contribution is 2.67. The van der Waals surface area contributed by atoms with Gasteiger partial charge in [-0.15, -0.1) is 0 Å². The third-order valence-electron chi connectivity index (χ3n) is 22.7. The Morgan fingerprint density at radius 2 is 1.10 bits per heavy atom. The van der Waals surface area contributed by atoms with Crippen molar-refractivity contribution in [3.05, 3.63) is 23.3 Å². The molecule has 0 amide bonds. The quantitative estimate of drug-likeness (QED) is 0.140. The lowest BCUT2D eigenvalue weighted by molar-refractivity contribution is -0.240. The monoisotopic (exact) mass is 967 g/mol. The van der Waals surface area contributed by atoms with Crippen molar-refractivity contribution >= 4 is 5.97 Å². The van der Waals surface area contributed by atoms with Gasteiger partial charge >= 0.3 is 5.97 Å². The molecule has 8 heteroatoms. The van der Waals surface area contributed by atoms with Crippen LogP contribution in [0, 0.1) is 68.0 Å². The zero-order chi connectivity index (χ0) is 50.9. The van der Waals surface area contributed by atoms with E-state index in [1.54, 1.807) is 6.08 Å². The van der Waals surface area contributed by atoms with Crippen LogP contribution in [0.15, 0.2) is 23.3 Å². The van der Waals surface area contributed by atoms with Crippen LogP contribution in [0.3, 0.4) is 0 Å². The zero-order valence-corrected chi connectivity index (χ0v) is 46.7. The number of ether oxygens (including phenoxy) is 3. The minimum Gasteiger partial charge on any atom is -0.458 e. The molecule has 8 nitrogen and oxygen atoms in total. The fraction of sp³-hybridized carbons (Fsp3) is 0.918. The molecule has 13 atom stereocenters. The van der Waals surface area contributed by atoms with Gasteiger partial charge in [-0.2, -0.15) is 0 Å². The number of fused-ring (bicyclic) bond motifs is 4. The number of carbonyl (C=O) groups excluding carboxylic acids is 1. The fourth-order valence-corrected chi connectivity index (χ4v) is 18.5. The van der Waals surface area contributed by atoms with E-state index in [0.717, 1.165) is 56.0 Å². The molecule has 398 valence electrons. The van der Waals surface area contributed by atoms with Gasteiger partial charge in [0.1, 0.15) is 6.61 Å². The molecule has 8 aliphatic rings. The first-order chi connectivity index (χ1) is 32.2. The molecule has 0 aromatic rings. The van der Waals surface area contributed by atoms with Crippen LogP contribution < -0.4 is 0 Å². The van der Waals surface area contributed by atoms with Gasteiger partial charge in [0.15, 0.2) is 0 Å². The third-order valence-corrected chi connectivity index (χ3v) is 22.7. The lowest BCUT2D eigenvalue weighted by Gasteiger charge is -2.64. The molecule has 2 heterocycles. The summed E-state index contributed by atoms with van der Waals surface area (Å²) in [6.07, 6.45) is 28.8. The van der Waals surface area contributed by atoms with E-state index >= 15 is 0 Å². The summed E-state index contributed by atoms with van der Waals surface area (Å²) in [5.41, 5.74) is 1.60. The summed E-state index contributed by atoms with van der Waals surface area (Å²) in [5.74, 6) is 2.98. The summed E-state index contributed by atoms with van der Waals surface area (Å²) >= 11 is 0. The van der Waals surface area contributed by atoms with Crippen molar-refractivity contribution in [1.82, 2.24) is 0 Å². The van der Waals surface area contributed by atoms with E-state index in [4.69, 9.17) is 19.3 Å². The predicted molar refractivity (Wildman–Crippen MR) is 280 cm³/mol. The average molecular weight is 968 g/mol. The molecular formula is C61H106O8. The van der Waals surface area contributed by atoms with Crippen LogP contribution in [-0.4, -0.2) is 82.3 Å². The van der Waals surface area contributed by atoms with Gasteiger partial charge in [-0.3, -0.25) is 0 Å². The van der Waals surface area contributed by atoms with Crippen molar-refractivity contribution in [2.75, 3.05) is 33.0 Å². The van der Waals surface area contributed by atoms with Gasteiger partial charge < -0.3 is 34.6 Å². The highest BCUT2D eigenvalue weighted by molar-refractivity contribution is 5.90. The molecule has 0 bridgehead atoms. The lowest BCUT2D eigenvalue weighted by Crippen LogP contribution is -2.63. The second kappa shape index (κ2) is 21.9. The Balaban J connectivity index is 0.000000170. The molecule has 7 fully saturated rings. The van der Waals surface area contributed by atoms with Gasteiger partial charge in [0.25, 0.3) is 0 Å². The topological polar surface area (TPSA) is 126 Å². The Labute approximate surface area is 422 Å². The van der Waals surface area contributed by atoms with Crippen LogP contribution in [0.2, 0.25) is 0 Å². The number of rotatable bonds is 8. The van der Waals surface area contributed by atoms with Crippen LogP contribution in [0.25, 0.3) is 0 Å². The first-order valence-electron chi connectivity index (χ1n) is 28.7. The highest BCUT2D eigenvalue weighted by Gasteiger charge is 2.64. The number of carbonyl (C=O) groups is 1. The molecule has 0 aromatic heterocycles. The van der Waals surface area contributed by atoms with E-state index in [1.165, 1.54) is 89.9 Å². The van der Waals surface area contributed by atoms with Crippen molar-refractivity contribution in [2.24, 2.45) is 68.0 Å². The molecule has 0 aromatic carbocycles. The van der Waals surface area contributed by atoms with E-state index in [2.05, 4.69) is 90.0 Å². The summed E-state index contributed by atoms with van der Waals surface area (Å²) < 4.78 is 17.7. The van der Waals surface area contributed by atoms with Crippen molar-refractivity contribution in [3.8, 4) is 0 Å². The maximum atomic E-state index is 11.8. The Morgan fingerprint density at radius 3 is 1.59 bits per heavy atom. The molecule has 6 saturated carbocycles. The minimum atomic E-state index is -0.683.